The quantitative estimate of drug-likeness (QED) is 0.821. The highest BCUT2D eigenvalue weighted by atomic mass is 35.5. The summed E-state index contributed by atoms with van der Waals surface area (Å²) in [6.45, 7) is 0.287. The predicted molar refractivity (Wildman–Crippen MR) is 73.9 cm³/mol. The van der Waals surface area contributed by atoms with Gasteiger partial charge in [-0.15, -0.1) is 0 Å². The van der Waals surface area contributed by atoms with Crippen molar-refractivity contribution in [3.8, 4) is 0 Å². The zero-order chi connectivity index (χ0) is 14.7. The van der Waals surface area contributed by atoms with Gasteiger partial charge in [0.25, 0.3) is 5.91 Å². The van der Waals surface area contributed by atoms with Crippen molar-refractivity contribution in [2.75, 3.05) is 19.6 Å². The lowest BCUT2D eigenvalue weighted by molar-refractivity contribution is -0.124. The Morgan fingerprint density at radius 2 is 2.05 bits per heavy atom. The molecule has 2 rings (SSSR count). The molecule has 0 spiro atoms. The van der Waals surface area contributed by atoms with Gasteiger partial charge in [-0.1, -0.05) is 23.2 Å². The largest absolute Gasteiger partial charge is 0.350 e. The summed E-state index contributed by atoms with van der Waals surface area (Å²) in [7, 11) is 0. The van der Waals surface area contributed by atoms with E-state index in [0.29, 0.717) is 10.6 Å². The normalized spacial score (nSPS) is 14.4. The fourth-order valence-corrected chi connectivity index (χ4v) is 2.00. The number of carbonyl (C=O) groups is 3. The van der Waals surface area contributed by atoms with Crippen molar-refractivity contribution in [1.29, 1.82) is 0 Å². The summed E-state index contributed by atoms with van der Waals surface area (Å²) in [6, 6.07) is 4.07. The SMILES string of the molecule is O=C(NCCN1C(=O)CNC1=O)c1ccc(Cl)c(Cl)c1. The molecular weight excluding hydrogens is 305 g/mol. The third kappa shape index (κ3) is 3.20. The van der Waals surface area contributed by atoms with Crippen LogP contribution in [0.15, 0.2) is 18.2 Å². The number of urea groups is 1. The number of carbonyl (C=O) groups excluding carboxylic acids is 3. The number of nitrogens with zero attached hydrogens (tertiary/aromatic N) is 1. The van der Waals surface area contributed by atoms with Crippen LogP contribution in [0.2, 0.25) is 10.0 Å². The molecule has 1 aliphatic rings. The van der Waals surface area contributed by atoms with Crippen LogP contribution in [-0.4, -0.2) is 42.4 Å². The maximum atomic E-state index is 11.8. The second-order valence-corrected chi connectivity index (χ2v) is 4.90. The molecule has 20 heavy (non-hydrogen) atoms. The van der Waals surface area contributed by atoms with E-state index in [2.05, 4.69) is 10.6 Å². The minimum atomic E-state index is -0.446. The molecule has 1 heterocycles. The predicted octanol–water partition coefficient (Wildman–Crippen LogP) is 1.28. The van der Waals surface area contributed by atoms with Gasteiger partial charge in [-0.05, 0) is 18.2 Å². The fraction of sp³-hybridized carbons (Fsp3) is 0.250. The zero-order valence-electron chi connectivity index (χ0n) is 10.3. The number of hydrogen-bond acceptors (Lipinski definition) is 3. The fourth-order valence-electron chi connectivity index (χ4n) is 1.70. The Bertz CT molecular complexity index is 561. The van der Waals surface area contributed by atoms with Gasteiger partial charge in [0, 0.05) is 18.7 Å². The second-order valence-electron chi connectivity index (χ2n) is 4.09. The molecule has 2 N–H and O–H groups in total. The van der Waals surface area contributed by atoms with E-state index < -0.39 is 6.03 Å². The van der Waals surface area contributed by atoms with Crippen molar-refractivity contribution >= 4 is 41.0 Å². The van der Waals surface area contributed by atoms with Crippen LogP contribution >= 0.6 is 23.2 Å². The molecule has 0 aliphatic carbocycles. The van der Waals surface area contributed by atoms with Crippen molar-refractivity contribution < 1.29 is 14.4 Å². The van der Waals surface area contributed by atoms with E-state index in [1.807, 2.05) is 0 Å². The van der Waals surface area contributed by atoms with Crippen LogP contribution in [0.3, 0.4) is 0 Å². The molecule has 6 nitrogen and oxygen atoms in total. The van der Waals surface area contributed by atoms with E-state index in [9.17, 15) is 14.4 Å². The summed E-state index contributed by atoms with van der Waals surface area (Å²) >= 11 is 11.6. The summed E-state index contributed by atoms with van der Waals surface area (Å²) in [5.74, 6) is -0.658. The van der Waals surface area contributed by atoms with Crippen LogP contribution in [-0.2, 0) is 4.79 Å². The lowest BCUT2D eigenvalue weighted by atomic mass is 10.2. The molecular formula is C12H11Cl2N3O3. The van der Waals surface area contributed by atoms with Gasteiger partial charge in [0.05, 0.1) is 16.6 Å². The molecule has 0 radical (unpaired) electrons. The maximum absolute atomic E-state index is 11.8. The van der Waals surface area contributed by atoms with Crippen LogP contribution < -0.4 is 10.6 Å². The summed E-state index contributed by atoms with van der Waals surface area (Å²) in [4.78, 5) is 35.5. The highest BCUT2D eigenvalue weighted by Gasteiger charge is 2.27. The Morgan fingerprint density at radius 3 is 2.65 bits per heavy atom. The molecule has 1 saturated heterocycles. The molecule has 0 atom stereocenters. The molecule has 8 heteroatoms. The van der Waals surface area contributed by atoms with Gasteiger partial charge in [0.15, 0.2) is 0 Å². The molecule has 1 aromatic carbocycles. The number of imide groups is 1. The van der Waals surface area contributed by atoms with Crippen LogP contribution in [0.1, 0.15) is 10.4 Å². The maximum Gasteiger partial charge on any atom is 0.324 e. The van der Waals surface area contributed by atoms with Crippen molar-refractivity contribution in [3.05, 3.63) is 33.8 Å². The molecule has 106 valence electrons. The Hall–Kier alpha value is -1.79. The Morgan fingerprint density at radius 1 is 1.30 bits per heavy atom. The average Bonchev–Trinajstić information content (AvgIpc) is 2.73. The standard InChI is InChI=1S/C12H11Cl2N3O3/c13-8-2-1-7(5-9(8)14)11(19)15-3-4-17-10(18)6-16-12(17)20/h1-2,5H,3-4,6H2,(H,15,19)(H,16,20). The molecule has 1 aliphatic heterocycles. The summed E-state index contributed by atoms with van der Waals surface area (Å²) in [5.41, 5.74) is 0.358. The highest BCUT2D eigenvalue weighted by molar-refractivity contribution is 6.42. The van der Waals surface area contributed by atoms with Gasteiger partial charge in [-0.2, -0.15) is 0 Å². The van der Waals surface area contributed by atoms with E-state index in [4.69, 9.17) is 23.2 Å². The van der Waals surface area contributed by atoms with Crippen molar-refractivity contribution in [2.24, 2.45) is 0 Å². The van der Waals surface area contributed by atoms with E-state index >= 15 is 0 Å². The summed E-state index contributed by atoms with van der Waals surface area (Å²) < 4.78 is 0. The number of benzene rings is 1. The molecule has 0 aromatic heterocycles. The monoisotopic (exact) mass is 315 g/mol. The number of halogens is 2. The highest BCUT2D eigenvalue weighted by Crippen LogP contribution is 2.22. The zero-order valence-corrected chi connectivity index (χ0v) is 11.8. The van der Waals surface area contributed by atoms with E-state index in [-0.39, 0.29) is 36.5 Å². The summed E-state index contributed by atoms with van der Waals surface area (Å²) in [5, 5.41) is 5.64. The molecule has 0 saturated carbocycles. The van der Waals surface area contributed by atoms with Crippen LogP contribution in [0.4, 0.5) is 4.79 Å². The topological polar surface area (TPSA) is 78.5 Å². The number of hydrogen-bond donors (Lipinski definition) is 2. The number of amides is 4. The first-order valence-corrected chi connectivity index (χ1v) is 6.56. The molecule has 1 aromatic rings. The van der Waals surface area contributed by atoms with E-state index in [1.165, 1.54) is 18.2 Å². The van der Waals surface area contributed by atoms with Crippen LogP contribution in [0.25, 0.3) is 0 Å². The lowest BCUT2D eigenvalue weighted by Gasteiger charge is -2.12. The lowest BCUT2D eigenvalue weighted by Crippen LogP contribution is -2.38. The first kappa shape index (κ1) is 14.6. The van der Waals surface area contributed by atoms with Crippen LogP contribution in [0, 0.1) is 0 Å². The molecule has 4 amide bonds. The smallest absolute Gasteiger partial charge is 0.324 e. The van der Waals surface area contributed by atoms with Gasteiger partial charge in [0.2, 0.25) is 5.91 Å². The van der Waals surface area contributed by atoms with Crippen molar-refractivity contribution in [2.45, 2.75) is 0 Å². The first-order valence-electron chi connectivity index (χ1n) is 5.80. The third-order valence-corrected chi connectivity index (χ3v) is 3.48. The van der Waals surface area contributed by atoms with E-state index in [1.54, 1.807) is 0 Å². The molecule has 0 unspecified atom stereocenters. The summed E-state index contributed by atoms with van der Waals surface area (Å²) in [6.07, 6.45) is 0. The van der Waals surface area contributed by atoms with Gasteiger partial charge in [-0.3, -0.25) is 14.5 Å². The first-order chi connectivity index (χ1) is 9.49. The van der Waals surface area contributed by atoms with Gasteiger partial charge in [0.1, 0.15) is 0 Å². The number of rotatable bonds is 4. The number of nitrogens with one attached hydrogen (secondary N) is 2. The third-order valence-electron chi connectivity index (χ3n) is 2.74. The molecule has 0 bridgehead atoms. The van der Waals surface area contributed by atoms with Crippen molar-refractivity contribution in [1.82, 2.24) is 15.5 Å². The minimum absolute atomic E-state index is 0.000425. The minimum Gasteiger partial charge on any atom is -0.350 e. The van der Waals surface area contributed by atoms with Crippen molar-refractivity contribution in [3.63, 3.8) is 0 Å². The Balaban J connectivity index is 1.87. The van der Waals surface area contributed by atoms with Gasteiger partial charge < -0.3 is 10.6 Å². The van der Waals surface area contributed by atoms with E-state index in [0.717, 1.165) is 4.90 Å². The molecule has 1 fully saturated rings. The second kappa shape index (κ2) is 6.11. The Kier molecular flexibility index (Phi) is 4.46. The van der Waals surface area contributed by atoms with Crippen LogP contribution in [0.5, 0.6) is 0 Å². The van der Waals surface area contributed by atoms with Gasteiger partial charge >= 0.3 is 6.03 Å². The average molecular weight is 316 g/mol. The van der Waals surface area contributed by atoms with Gasteiger partial charge in [-0.25, -0.2) is 4.79 Å². The Labute approximate surface area is 125 Å².